The van der Waals surface area contributed by atoms with E-state index in [1.807, 2.05) is 0 Å². The third kappa shape index (κ3) is 3.23. The van der Waals surface area contributed by atoms with Crippen molar-refractivity contribution in [3.05, 3.63) is 34.9 Å². The van der Waals surface area contributed by atoms with Gasteiger partial charge in [-0.25, -0.2) is 17.6 Å². The van der Waals surface area contributed by atoms with Crippen molar-refractivity contribution in [2.45, 2.75) is 19.9 Å². The fourth-order valence-corrected chi connectivity index (χ4v) is 1.41. The minimum atomic E-state index is -2.05. The van der Waals surface area contributed by atoms with Crippen LogP contribution in [0.15, 0.2) is 6.07 Å². The van der Waals surface area contributed by atoms with E-state index in [0.717, 1.165) is 0 Å². The number of aliphatic hydroxyl groups is 1. The van der Waals surface area contributed by atoms with E-state index in [0.29, 0.717) is 0 Å². The lowest BCUT2D eigenvalue weighted by atomic mass is 10.0. The number of carbonyl (C=O) groups excluding carboxylic acids is 1. The highest BCUT2D eigenvalue weighted by Gasteiger charge is 2.25. The summed E-state index contributed by atoms with van der Waals surface area (Å²) in [5.74, 6) is -8.74. The van der Waals surface area contributed by atoms with Gasteiger partial charge in [-0.15, -0.1) is 0 Å². The monoisotopic (exact) mass is 279 g/mol. The van der Waals surface area contributed by atoms with Crippen molar-refractivity contribution < 1.29 is 27.5 Å². The van der Waals surface area contributed by atoms with E-state index in [2.05, 4.69) is 5.32 Å². The van der Waals surface area contributed by atoms with E-state index in [4.69, 9.17) is 5.11 Å². The average Bonchev–Trinajstić information content (AvgIpc) is 2.36. The molecule has 0 aliphatic carbocycles. The van der Waals surface area contributed by atoms with Crippen molar-refractivity contribution >= 4 is 5.91 Å². The van der Waals surface area contributed by atoms with Gasteiger partial charge in [0.1, 0.15) is 0 Å². The van der Waals surface area contributed by atoms with Gasteiger partial charge in [0.25, 0.3) is 5.91 Å². The Bertz CT molecular complexity index is 491. The number of rotatable bonds is 4. The zero-order chi connectivity index (χ0) is 14.7. The molecule has 1 amide bonds. The Morgan fingerprint density at radius 1 is 1.21 bits per heavy atom. The predicted octanol–water partition coefficient (Wildman–Crippen LogP) is 1.99. The molecule has 1 aromatic rings. The van der Waals surface area contributed by atoms with Gasteiger partial charge in [0.15, 0.2) is 23.3 Å². The van der Waals surface area contributed by atoms with Gasteiger partial charge < -0.3 is 10.4 Å². The number of hydrogen-bond acceptors (Lipinski definition) is 2. The summed E-state index contributed by atoms with van der Waals surface area (Å²) >= 11 is 0. The minimum absolute atomic E-state index is 0.174. The molecular formula is C12H13F4NO2. The molecule has 2 N–H and O–H groups in total. The molecule has 0 aliphatic rings. The van der Waals surface area contributed by atoms with E-state index >= 15 is 0 Å². The second kappa shape index (κ2) is 6.01. The van der Waals surface area contributed by atoms with Crippen LogP contribution in [0.3, 0.4) is 0 Å². The first-order chi connectivity index (χ1) is 8.79. The summed E-state index contributed by atoms with van der Waals surface area (Å²) in [5, 5.41) is 11.2. The van der Waals surface area contributed by atoms with Gasteiger partial charge in [0, 0.05) is 0 Å². The first-order valence-electron chi connectivity index (χ1n) is 5.54. The molecule has 106 valence electrons. The molecule has 7 heteroatoms. The van der Waals surface area contributed by atoms with Gasteiger partial charge in [-0.1, -0.05) is 13.8 Å². The van der Waals surface area contributed by atoms with Gasteiger partial charge in [-0.2, -0.15) is 0 Å². The minimum Gasteiger partial charge on any atom is -0.394 e. The SMILES string of the molecule is CC(C)C(CO)NC(=O)c1cc(F)c(F)c(F)c1F. The molecule has 0 aliphatic heterocycles. The van der Waals surface area contributed by atoms with E-state index in [9.17, 15) is 22.4 Å². The van der Waals surface area contributed by atoms with E-state index in [1.54, 1.807) is 13.8 Å². The number of benzene rings is 1. The van der Waals surface area contributed by atoms with Gasteiger partial charge in [-0.05, 0) is 12.0 Å². The quantitative estimate of drug-likeness (QED) is 0.503. The maximum absolute atomic E-state index is 13.3. The van der Waals surface area contributed by atoms with Crippen molar-refractivity contribution in [3.63, 3.8) is 0 Å². The lowest BCUT2D eigenvalue weighted by Gasteiger charge is -2.20. The summed E-state index contributed by atoms with van der Waals surface area (Å²) in [7, 11) is 0. The Hall–Kier alpha value is -1.63. The summed E-state index contributed by atoms with van der Waals surface area (Å²) < 4.78 is 52.0. The van der Waals surface area contributed by atoms with Crippen molar-refractivity contribution in [3.8, 4) is 0 Å². The molecular weight excluding hydrogens is 266 g/mol. The van der Waals surface area contributed by atoms with Crippen LogP contribution in [0.2, 0.25) is 0 Å². The zero-order valence-electron chi connectivity index (χ0n) is 10.3. The maximum atomic E-state index is 13.3. The van der Waals surface area contributed by atoms with Crippen molar-refractivity contribution in [1.82, 2.24) is 5.32 Å². The highest BCUT2D eigenvalue weighted by Crippen LogP contribution is 2.19. The lowest BCUT2D eigenvalue weighted by molar-refractivity contribution is 0.0890. The number of hydrogen-bond donors (Lipinski definition) is 2. The summed E-state index contributed by atoms with van der Waals surface area (Å²) in [5.41, 5.74) is -0.949. The fourth-order valence-electron chi connectivity index (χ4n) is 1.41. The fraction of sp³-hybridized carbons (Fsp3) is 0.417. The van der Waals surface area contributed by atoms with Crippen LogP contribution in [-0.4, -0.2) is 23.7 Å². The number of aliphatic hydroxyl groups excluding tert-OH is 1. The molecule has 0 saturated heterocycles. The number of nitrogens with one attached hydrogen (secondary N) is 1. The molecule has 0 saturated carbocycles. The number of amides is 1. The molecule has 0 aromatic heterocycles. The molecule has 0 bridgehead atoms. The lowest BCUT2D eigenvalue weighted by Crippen LogP contribution is -2.41. The summed E-state index contributed by atoms with van der Waals surface area (Å²) in [6.45, 7) is 2.95. The van der Waals surface area contributed by atoms with E-state index in [-0.39, 0.29) is 12.0 Å². The van der Waals surface area contributed by atoms with Gasteiger partial charge in [0.2, 0.25) is 0 Å². The molecule has 1 atom stereocenters. The maximum Gasteiger partial charge on any atom is 0.254 e. The number of carbonyl (C=O) groups is 1. The van der Waals surface area contributed by atoms with Crippen LogP contribution in [0.25, 0.3) is 0 Å². The normalized spacial score (nSPS) is 12.6. The Morgan fingerprint density at radius 3 is 2.26 bits per heavy atom. The molecule has 3 nitrogen and oxygen atoms in total. The smallest absolute Gasteiger partial charge is 0.254 e. The Balaban J connectivity index is 3.07. The van der Waals surface area contributed by atoms with Crippen LogP contribution in [0, 0.1) is 29.2 Å². The molecule has 0 radical (unpaired) electrons. The van der Waals surface area contributed by atoms with Crippen molar-refractivity contribution in [2.24, 2.45) is 5.92 Å². The first kappa shape index (κ1) is 15.4. The summed E-state index contributed by atoms with van der Waals surface area (Å²) in [6.07, 6.45) is 0. The van der Waals surface area contributed by atoms with Crippen LogP contribution in [0.1, 0.15) is 24.2 Å². The third-order valence-electron chi connectivity index (χ3n) is 2.67. The molecule has 0 spiro atoms. The highest BCUT2D eigenvalue weighted by molar-refractivity contribution is 5.94. The van der Waals surface area contributed by atoms with Crippen LogP contribution in [0.4, 0.5) is 17.6 Å². The molecule has 1 aromatic carbocycles. The second-order valence-corrected chi connectivity index (χ2v) is 4.35. The van der Waals surface area contributed by atoms with Gasteiger partial charge >= 0.3 is 0 Å². The zero-order valence-corrected chi connectivity index (χ0v) is 10.3. The molecule has 1 unspecified atom stereocenters. The van der Waals surface area contributed by atoms with Crippen LogP contribution in [0.5, 0.6) is 0 Å². The van der Waals surface area contributed by atoms with Gasteiger partial charge in [-0.3, -0.25) is 4.79 Å². The van der Waals surface area contributed by atoms with Crippen LogP contribution < -0.4 is 5.32 Å². The predicted molar refractivity (Wildman–Crippen MR) is 59.5 cm³/mol. The van der Waals surface area contributed by atoms with Crippen LogP contribution >= 0.6 is 0 Å². The van der Waals surface area contributed by atoms with Crippen molar-refractivity contribution in [1.29, 1.82) is 0 Å². The third-order valence-corrected chi connectivity index (χ3v) is 2.67. The molecule has 1 rings (SSSR count). The van der Waals surface area contributed by atoms with Gasteiger partial charge in [0.05, 0.1) is 18.2 Å². The second-order valence-electron chi connectivity index (χ2n) is 4.35. The largest absolute Gasteiger partial charge is 0.394 e. The first-order valence-corrected chi connectivity index (χ1v) is 5.54. The topological polar surface area (TPSA) is 49.3 Å². The van der Waals surface area contributed by atoms with E-state index in [1.165, 1.54) is 0 Å². The Labute approximate surface area is 107 Å². The standard InChI is InChI=1S/C12H13F4NO2/c1-5(2)8(4-18)17-12(19)6-3-7(13)10(15)11(16)9(6)14/h3,5,8,18H,4H2,1-2H3,(H,17,19). The highest BCUT2D eigenvalue weighted by atomic mass is 19.2. The Morgan fingerprint density at radius 2 is 1.79 bits per heavy atom. The number of halogens is 4. The van der Waals surface area contributed by atoms with Crippen LogP contribution in [-0.2, 0) is 0 Å². The molecule has 0 fully saturated rings. The summed E-state index contributed by atoms with van der Waals surface area (Å²) in [6, 6.07) is -0.430. The van der Waals surface area contributed by atoms with Crippen molar-refractivity contribution in [2.75, 3.05) is 6.61 Å². The summed E-state index contributed by atoms with van der Waals surface area (Å²) in [4.78, 5) is 11.6. The Kier molecular flexibility index (Phi) is 4.88. The molecule has 0 heterocycles. The van der Waals surface area contributed by atoms with E-state index < -0.39 is 47.4 Å². The average molecular weight is 279 g/mol. The molecule has 19 heavy (non-hydrogen) atoms.